The number of unbranched alkanes of at least 4 members (excludes halogenated alkanes) is 2. The normalized spacial score (nSPS) is 10.9. The highest BCUT2D eigenvalue weighted by molar-refractivity contribution is 6.05. The second-order valence-electron chi connectivity index (χ2n) is 7.66. The van der Waals surface area contributed by atoms with E-state index in [-0.39, 0.29) is 16.9 Å². The molecule has 0 atom stereocenters. The number of fused-ring (bicyclic) bond motifs is 1. The molecule has 0 aliphatic carbocycles. The largest absolute Gasteiger partial charge is 0.295 e. The number of rotatable bonds is 7. The average molecular weight is 462 g/mol. The van der Waals surface area contributed by atoms with Crippen LogP contribution in [0.15, 0.2) is 65.8 Å². The summed E-state index contributed by atoms with van der Waals surface area (Å²) in [4.78, 5) is 42.4. The summed E-state index contributed by atoms with van der Waals surface area (Å²) >= 11 is 0. The van der Waals surface area contributed by atoms with Gasteiger partial charge in [-0.2, -0.15) is 5.10 Å². The highest BCUT2D eigenvalue weighted by Gasteiger charge is 2.19. The smallest absolute Gasteiger partial charge is 0.290 e. The number of hydrazine groups is 1. The van der Waals surface area contributed by atoms with Crippen LogP contribution in [0.4, 0.5) is 4.39 Å². The Morgan fingerprint density at radius 3 is 2.41 bits per heavy atom. The Balaban J connectivity index is 1.56. The molecular weight excluding hydrogens is 439 g/mol. The first kappa shape index (κ1) is 22.8. The summed E-state index contributed by atoms with van der Waals surface area (Å²) in [6.07, 6.45) is 5.40. The van der Waals surface area contributed by atoms with Crippen LogP contribution in [0.3, 0.4) is 0 Å². The molecule has 0 spiro atoms. The zero-order valence-electron chi connectivity index (χ0n) is 18.5. The predicted molar refractivity (Wildman–Crippen MR) is 124 cm³/mol. The molecule has 4 rings (SSSR count). The lowest BCUT2D eigenvalue weighted by Crippen LogP contribution is -2.43. The van der Waals surface area contributed by atoms with Crippen molar-refractivity contribution in [2.75, 3.05) is 0 Å². The summed E-state index contributed by atoms with van der Waals surface area (Å²) in [6, 6.07) is 12.3. The van der Waals surface area contributed by atoms with Crippen LogP contribution in [-0.2, 0) is 6.54 Å². The van der Waals surface area contributed by atoms with Gasteiger partial charge in [0.15, 0.2) is 5.69 Å². The summed E-state index contributed by atoms with van der Waals surface area (Å²) in [5.74, 6) is -1.70. The van der Waals surface area contributed by atoms with Gasteiger partial charge in [0.2, 0.25) is 0 Å². The molecule has 9 nitrogen and oxygen atoms in total. The van der Waals surface area contributed by atoms with E-state index in [9.17, 15) is 18.8 Å². The van der Waals surface area contributed by atoms with E-state index in [2.05, 4.69) is 27.9 Å². The van der Waals surface area contributed by atoms with Crippen LogP contribution in [-0.4, -0.2) is 31.1 Å². The summed E-state index contributed by atoms with van der Waals surface area (Å²) in [5, 5.41) is 5.04. The van der Waals surface area contributed by atoms with Gasteiger partial charge in [0.05, 0.1) is 17.9 Å². The lowest BCUT2D eigenvalue weighted by Gasteiger charge is -2.12. The van der Waals surface area contributed by atoms with E-state index < -0.39 is 17.6 Å². The number of aryl methyl sites for hydroxylation is 1. The Morgan fingerprint density at radius 1 is 0.971 bits per heavy atom. The molecular formula is C24H23FN6O3. The number of carbonyl (C=O) groups excluding carboxylic acids is 2. The highest BCUT2D eigenvalue weighted by atomic mass is 19.1. The number of benzene rings is 2. The van der Waals surface area contributed by atoms with Gasteiger partial charge < -0.3 is 0 Å². The quantitative estimate of drug-likeness (QED) is 0.324. The van der Waals surface area contributed by atoms with E-state index in [0.717, 1.165) is 19.3 Å². The van der Waals surface area contributed by atoms with Crippen molar-refractivity contribution in [2.45, 2.75) is 32.7 Å². The molecule has 0 saturated heterocycles. The van der Waals surface area contributed by atoms with Crippen molar-refractivity contribution in [1.82, 2.24) is 30.2 Å². The van der Waals surface area contributed by atoms with E-state index in [1.165, 1.54) is 46.0 Å². The van der Waals surface area contributed by atoms with Crippen LogP contribution in [0.1, 0.15) is 47.2 Å². The van der Waals surface area contributed by atoms with Crippen molar-refractivity contribution >= 4 is 22.6 Å². The summed E-state index contributed by atoms with van der Waals surface area (Å²) < 4.78 is 16.0. The number of imidazole rings is 1. The van der Waals surface area contributed by atoms with Gasteiger partial charge in [-0.1, -0.05) is 38.0 Å². The number of halogens is 1. The molecule has 0 unspecified atom stereocenters. The molecule has 2 aromatic heterocycles. The molecule has 4 aromatic rings. The predicted octanol–water partition coefficient (Wildman–Crippen LogP) is 2.99. The summed E-state index contributed by atoms with van der Waals surface area (Å²) in [7, 11) is 0. The first-order chi connectivity index (χ1) is 16.5. The van der Waals surface area contributed by atoms with Crippen LogP contribution < -0.4 is 16.4 Å². The summed E-state index contributed by atoms with van der Waals surface area (Å²) in [5.41, 5.74) is 5.14. The van der Waals surface area contributed by atoms with Gasteiger partial charge >= 0.3 is 0 Å². The third kappa shape index (κ3) is 4.70. The Morgan fingerprint density at radius 2 is 1.68 bits per heavy atom. The van der Waals surface area contributed by atoms with Crippen molar-refractivity contribution in [3.05, 3.63) is 88.6 Å². The topological polar surface area (TPSA) is 111 Å². The fraction of sp³-hybridized carbons (Fsp3) is 0.208. The maximum Gasteiger partial charge on any atom is 0.290 e. The van der Waals surface area contributed by atoms with E-state index in [0.29, 0.717) is 23.0 Å². The van der Waals surface area contributed by atoms with Gasteiger partial charge in [0.1, 0.15) is 11.5 Å². The van der Waals surface area contributed by atoms with Crippen LogP contribution in [0, 0.1) is 5.82 Å². The minimum absolute atomic E-state index is 0.0269. The van der Waals surface area contributed by atoms with Crippen molar-refractivity contribution in [3.63, 3.8) is 0 Å². The number of amides is 2. The zero-order valence-corrected chi connectivity index (χ0v) is 18.5. The van der Waals surface area contributed by atoms with Gasteiger partial charge in [-0.25, -0.2) is 14.1 Å². The SMILES string of the molecule is CCCCCn1nc(C(=O)NNC(=O)c2cncn2-c2ccc(F)cc2)c2ccccc2c1=O. The van der Waals surface area contributed by atoms with Crippen LogP contribution in [0.25, 0.3) is 16.5 Å². The lowest BCUT2D eigenvalue weighted by atomic mass is 10.1. The molecule has 10 heteroatoms. The molecule has 2 heterocycles. The van der Waals surface area contributed by atoms with Crippen LogP contribution >= 0.6 is 0 Å². The molecule has 0 bridgehead atoms. The number of carbonyl (C=O) groups is 2. The molecule has 2 N–H and O–H groups in total. The highest BCUT2D eigenvalue weighted by Crippen LogP contribution is 2.14. The second kappa shape index (κ2) is 10.1. The first-order valence-electron chi connectivity index (χ1n) is 10.9. The number of nitrogens with zero attached hydrogens (tertiary/aromatic N) is 4. The van der Waals surface area contributed by atoms with E-state index in [4.69, 9.17) is 0 Å². The Hall–Kier alpha value is -4.34. The molecule has 2 amide bonds. The third-order valence-corrected chi connectivity index (χ3v) is 5.32. The van der Waals surface area contributed by atoms with Gasteiger partial charge in [-0.3, -0.25) is 29.8 Å². The maximum absolute atomic E-state index is 13.2. The van der Waals surface area contributed by atoms with E-state index >= 15 is 0 Å². The van der Waals surface area contributed by atoms with Gasteiger partial charge in [0.25, 0.3) is 17.4 Å². The molecule has 0 fully saturated rings. The first-order valence-corrected chi connectivity index (χ1v) is 10.9. The molecule has 2 aromatic carbocycles. The third-order valence-electron chi connectivity index (χ3n) is 5.32. The Bertz CT molecular complexity index is 1390. The zero-order chi connectivity index (χ0) is 24.1. The molecule has 174 valence electrons. The molecule has 0 radical (unpaired) electrons. The fourth-order valence-electron chi connectivity index (χ4n) is 3.57. The lowest BCUT2D eigenvalue weighted by molar-refractivity contribution is 0.0840. The molecule has 34 heavy (non-hydrogen) atoms. The monoisotopic (exact) mass is 462 g/mol. The van der Waals surface area contributed by atoms with Gasteiger partial charge in [0, 0.05) is 17.6 Å². The van der Waals surface area contributed by atoms with Crippen LogP contribution in [0.5, 0.6) is 0 Å². The van der Waals surface area contributed by atoms with Crippen LogP contribution in [0.2, 0.25) is 0 Å². The summed E-state index contributed by atoms with van der Waals surface area (Å²) in [6.45, 7) is 2.45. The van der Waals surface area contributed by atoms with E-state index in [1.807, 2.05) is 0 Å². The van der Waals surface area contributed by atoms with E-state index in [1.54, 1.807) is 24.3 Å². The number of hydrogen-bond acceptors (Lipinski definition) is 5. The van der Waals surface area contributed by atoms with Crippen molar-refractivity contribution in [3.8, 4) is 5.69 Å². The number of hydrogen-bond donors (Lipinski definition) is 2. The second-order valence-corrected chi connectivity index (χ2v) is 7.66. The average Bonchev–Trinajstić information content (AvgIpc) is 3.34. The number of aromatic nitrogens is 4. The van der Waals surface area contributed by atoms with Crippen molar-refractivity contribution < 1.29 is 14.0 Å². The van der Waals surface area contributed by atoms with Gasteiger partial charge in [-0.05, 0) is 36.8 Å². The molecule has 0 aliphatic heterocycles. The fourth-order valence-corrected chi connectivity index (χ4v) is 3.57. The maximum atomic E-state index is 13.2. The van der Waals surface area contributed by atoms with Crippen molar-refractivity contribution in [1.29, 1.82) is 0 Å². The number of nitrogens with one attached hydrogen (secondary N) is 2. The Labute approximate surface area is 194 Å². The Kier molecular flexibility index (Phi) is 6.77. The van der Waals surface area contributed by atoms with Crippen molar-refractivity contribution in [2.24, 2.45) is 0 Å². The molecule has 0 aliphatic rings. The minimum Gasteiger partial charge on any atom is -0.295 e. The minimum atomic E-state index is -0.665. The molecule has 0 saturated carbocycles. The standard InChI is InChI=1S/C24H23FN6O3/c1-2-3-6-13-31-24(34)19-8-5-4-7-18(19)21(29-31)23(33)28-27-22(32)20-14-26-15-30(20)17-11-9-16(25)10-12-17/h4-5,7-12,14-15H,2-3,6,13H2,1H3,(H,27,32)(H,28,33). The van der Waals surface area contributed by atoms with Gasteiger partial charge in [-0.15, -0.1) is 0 Å².